The number of hydrogen-bond donors (Lipinski definition) is 0. The summed E-state index contributed by atoms with van der Waals surface area (Å²) in [6.45, 7) is 7.38. The van der Waals surface area contributed by atoms with Crippen molar-refractivity contribution in [2.45, 2.75) is 64.8 Å². The van der Waals surface area contributed by atoms with Crippen LogP contribution in [0.3, 0.4) is 0 Å². The van der Waals surface area contributed by atoms with Gasteiger partial charge in [0.15, 0.2) is 0 Å². The van der Waals surface area contributed by atoms with Gasteiger partial charge in [0.25, 0.3) is 11.8 Å². The van der Waals surface area contributed by atoms with E-state index < -0.39 is 18.4 Å². The molecule has 0 aliphatic heterocycles. The van der Waals surface area contributed by atoms with E-state index in [1.807, 2.05) is 50.2 Å². The topological polar surface area (TPSA) is 76.2 Å². The van der Waals surface area contributed by atoms with Crippen LogP contribution in [0.5, 0.6) is 0 Å². The Morgan fingerprint density at radius 1 is 0.647 bits per heavy atom. The lowest BCUT2D eigenvalue weighted by molar-refractivity contribution is -0.00527. The summed E-state index contributed by atoms with van der Waals surface area (Å²) in [5.41, 5.74) is 1.23. The van der Waals surface area contributed by atoms with E-state index in [1.165, 1.54) is 0 Å². The lowest BCUT2D eigenvalue weighted by Gasteiger charge is -2.28. The fraction of sp³-hybridized carbons (Fsp3) is 0.444. The summed E-state index contributed by atoms with van der Waals surface area (Å²) < 4.78 is 10.8. The minimum Gasteiger partial charge on any atom is -0.431 e. The van der Waals surface area contributed by atoms with Gasteiger partial charge in [-0.2, -0.15) is 0 Å². The first kappa shape index (κ1) is 26.9. The number of carbonyl (C=O) groups is 3. The summed E-state index contributed by atoms with van der Waals surface area (Å²) in [5.74, 6) is -0.167. The molecule has 0 heterocycles. The second kappa shape index (κ2) is 12.8. The third-order valence-corrected chi connectivity index (χ3v) is 5.95. The average Bonchev–Trinajstić information content (AvgIpc) is 2.82. The Morgan fingerprint density at radius 2 is 0.971 bits per heavy atom. The molecule has 0 radical (unpaired) electrons. The number of carbonyl (C=O) groups excluding carboxylic acids is 3. The smallest absolute Gasteiger partial charge is 0.431 e. The zero-order valence-electron chi connectivity index (χ0n) is 20.9. The van der Waals surface area contributed by atoms with Gasteiger partial charge in [0.1, 0.15) is 12.2 Å². The molecule has 0 saturated heterocycles. The molecule has 0 saturated carbocycles. The first-order valence-corrected chi connectivity index (χ1v) is 11.6. The van der Waals surface area contributed by atoms with Crippen LogP contribution in [-0.4, -0.2) is 66.2 Å². The summed E-state index contributed by atoms with van der Waals surface area (Å²) >= 11 is 0. The van der Waals surface area contributed by atoms with Gasteiger partial charge < -0.3 is 19.3 Å². The molecule has 34 heavy (non-hydrogen) atoms. The highest BCUT2D eigenvalue weighted by Gasteiger charge is 2.24. The van der Waals surface area contributed by atoms with Gasteiger partial charge in [0.05, 0.1) is 0 Å². The Balaban J connectivity index is 1.78. The Bertz CT molecular complexity index is 859. The molecule has 0 aromatic heterocycles. The largest absolute Gasteiger partial charge is 0.508 e. The van der Waals surface area contributed by atoms with Gasteiger partial charge in [-0.15, -0.1) is 0 Å². The second-order valence-electron chi connectivity index (χ2n) is 8.84. The standard InChI is InChI=1S/C27H36N2O5/c1-19(28(5)25(30)23-13-9-7-10-14-23)17-21(3)33-27(32)34-22(4)18-20(2)29(6)26(31)24-15-11-8-12-16-24/h7-16,19-22H,17-18H2,1-6H3. The van der Waals surface area contributed by atoms with Crippen LogP contribution < -0.4 is 0 Å². The minimum atomic E-state index is -0.756. The summed E-state index contributed by atoms with van der Waals surface area (Å²) in [4.78, 5) is 40.8. The number of amides is 2. The molecule has 7 heteroatoms. The van der Waals surface area contributed by atoms with Crippen LogP contribution in [-0.2, 0) is 9.47 Å². The molecule has 0 N–H and O–H groups in total. The van der Waals surface area contributed by atoms with Gasteiger partial charge in [-0.3, -0.25) is 9.59 Å². The van der Waals surface area contributed by atoms with Crippen molar-refractivity contribution in [3.8, 4) is 0 Å². The first-order valence-electron chi connectivity index (χ1n) is 11.6. The molecular formula is C27H36N2O5. The Labute approximate surface area is 202 Å². The highest BCUT2D eigenvalue weighted by Crippen LogP contribution is 2.15. The van der Waals surface area contributed by atoms with Crippen molar-refractivity contribution in [2.75, 3.05) is 14.1 Å². The molecule has 2 aromatic rings. The molecule has 4 atom stereocenters. The van der Waals surface area contributed by atoms with Crippen molar-refractivity contribution >= 4 is 18.0 Å². The van der Waals surface area contributed by atoms with Gasteiger partial charge in [-0.25, -0.2) is 4.79 Å². The molecule has 184 valence electrons. The van der Waals surface area contributed by atoms with Gasteiger partial charge in [0, 0.05) is 50.1 Å². The lowest BCUT2D eigenvalue weighted by atomic mass is 10.1. The van der Waals surface area contributed by atoms with Crippen LogP contribution >= 0.6 is 0 Å². The van der Waals surface area contributed by atoms with Gasteiger partial charge in [0.2, 0.25) is 0 Å². The third kappa shape index (κ3) is 7.90. The molecule has 0 aliphatic rings. The molecular weight excluding hydrogens is 432 g/mol. The van der Waals surface area contributed by atoms with Crippen LogP contribution in [0.2, 0.25) is 0 Å². The van der Waals surface area contributed by atoms with Crippen molar-refractivity contribution < 1.29 is 23.9 Å². The maximum Gasteiger partial charge on any atom is 0.508 e. The maximum absolute atomic E-state index is 12.6. The monoisotopic (exact) mass is 468 g/mol. The number of rotatable bonds is 10. The molecule has 0 bridgehead atoms. The molecule has 2 rings (SSSR count). The zero-order chi connectivity index (χ0) is 25.3. The zero-order valence-corrected chi connectivity index (χ0v) is 20.9. The highest BCUT2D eigenvalue weighted by molar-refractivity contribution is 5.94. The van der Waals surface area contributed by atoms with Crippen LogP contribution in [0, 0.1) is 0 Å². The second-order valence-corrected chi connectivity index (χ2v) is 8.84. The molecule has 0 spiro atoms. The fourth-order valence-corrected chi connectivity index (χ4v) is 3.70. The summed E-state index contributed by atoms with van der Waals surface area (Å²) in [6, 6.07) is 17.9. The fourth-order valence-electron chi connectivity index (χ4n) is 3.70. The van der Waals surface area contributed by atoms with Crippen molar-refractivity contribution in [1.82, 2.24) is 9.80 Å². The van der Waals surface area contributed by atoms with Crippen LogP contribution in [0.15, 0.2) is 60.7 Å². The van der Waals surface area contributed by atoms with E-state index in [0.29, 0.717) is 24.0 Å². The third-order valence-electron chi connectivity index (χ3n) is 5.95. The quantitative estimate of drug-likeness (QED) is 0.458. The summed E-state index contributed by atoms with van der Waals surface area (Å²) in [6.07, 6.45) is -0.665. The van der Waals surface area contributed by atoms with E-state index in [4.69, 9.17) is 9.47 Å². The van der Waals surface area contributed by atoms with Crippen molar-refractivity contribution in [1.29, 1.82) is 0 Å². The van der Waals surface area contributed by atoms with E-state index in [9.17, 15) is 14.4 Å². The number of nitrogens with zero attached hydrogens (tertiary/aromatic N) is 2. The van der Waals surface area contributed by atoms with Gasteiger partial charge >= 0.3 is 6.16 Å². The first-order chi connectivity index (χ1) is 16.1. The summed E-state index contributed by atoms with van der Waals surface area (Å²) in [7, 11) is 3.48. The molecule has 2 amide bonds. The number of benzene rings is 2. The van der Waals surface area contributed by atoms with E-state index >= 15 is 0 Å². The van der Waals surface area contributed by atoms with Gasteiger partial charge in [-0.05, 0) is 52.0 Å². The summed E-state index contributed by atoms with van der Waals surface area (Å²) in [5, 5.41) is 0. The van der Waals surface area contributed by atoms with E-state index in [1.54, 1.807) is 62.0 Å². The average molecular weight is 469 g/mol. The van der Waals surface area contributed by atoms with Gasteiger partial charge in [-0.1, -0.05) is 36.4 Å². The Hall–Kier alpha value is -3.35. The molecule has 4 unspecified atom stereocenters. The van der Waals surface area contributed by atoms with Crippen LogP contribution in [0.1, 0.15) is 61.3 Å². The lowest BCUT2D eigenvalue weighted by Crippen LogP contribution is -2.38. The SMILES string of the molecule is CC(CC(C)N(C)C(=O)c1ccccc1)OC(=O)OC(C)CC(C)N(C)C(=O)c1ccccc1. The number of ether oxygens (including phenoxy) is 2. The molecule has 7 nitrogen and oxygen atoms in total. The van der Waals surface area contributed by atoms with Crippen molar-refractivity contribution in [3.63, 3.8) is 0 Å². The van der Waals surface area contributed by atoms with Crippen LogP contribution in [0.4, 0.5) is 4.79 Å². The van der Waals surface area contributed by atoms with E-state index in [-0.39, 0.29) is 23.9 Å². The van der Waals surface area contributed by atoms with E-state index in [0.717, 1.165) is 0 Å². The Morgan fingerprint density at radius 3 is 1.29 bits per heavy atom. The Kier molecular flexibility index (Phi) is 10.1. The van der Waals surface area contributed by atoms with Crippen LogP contribution in [0.25, 0.3) is 0 Å². The molecule has 0 fully saturated rings. The van der Waals surface area contributed by atoms with E-state index in [2.05, 4.69) is 0 Å². The molecule has 2 aromatic carbocycles. The van der Waals surface area contributed by atoms with Crippen molar-refractivity contribution in [2.24, 2.45) is 0 Å². The maximum atomic E-state index is 12.6. The predicted octanol–water partition coefficient (Wildman–Crippen LogP) is 5.02. The minimum absolute atomic E-state index is 0.0837. The predicted molar refractivity (Wildman–Crippen MR) is 132 cm³/mol. The normalized spacial score (nSPS) is 14.3. The molecule has 0 aliphatic carbocycles. The van der Waals surface area contributed by atoms with Crippen molar-refractivity contribution in [3.05, 3.63) is 71.8 Å². The number of hydrogen-bond acceptors (Lipinski definition) is 5. The highest BCUT2D eigenvalue weighted by atomic mass is 16.7.